The lowest BCUT2D eigenvalue weighted by Crippen LogP contribution is -2.21. The number of carbonyl (C=O) groups excluding carboxylic acids is 1. The maximum Gasteiger partial charge on any atom is 0.280 e. The molecule has 7 heteroatoms. The summed E-state index contributed by atoms with van der Waals surface area (Å²) in [6.45, 7) is 4.36. The molecule has 0 atom stereocenters. The summed E-state index contributed by atoms with van der Waals surface area (Å²) >= 11 is 12.8. The predicted octanol–water partition coefficient (Wildman–Crippen LogP) is 6.78. The molecule has 33 heavy (non-hydrogen) atoms. The number of nitrogens with zero attached hydrogens (tertiary/aromatic N) is 2. The second-order valence-corrected chi connectivity index (χ2v) is 8.15. The van der Waals surface area contributed by atoms with Crippen molar-refractivity contribution < 1.29 is 14.3 Å². The molecule has 0 spiro atoms. The molecule has 3 aromatic carbocycles. The number of rotatable bonds is 7. The number of hydrazone groups is 1. The first kappa shape index (κ1) is 22.9. The summed E-state index contributed by atoms with van der Waals surface area (Å²) < 4.78 is 11.8. The molecule has 0 radical (unpaired) electrons. The van der Waals surface area contributed by atoms with E-state index in [0.717, 1.165) is 5.56 Å². The lowest BCUT2D eigenvalue weighted by Gasteiger charge is -2.15. The zero-order valence-electron chi connectivity index (χ0n) is 18.2. The van der Waals surface area contributed by atoms with Crippen LogP contribution in [0.3, 0.4) is 0 Å². The van der Waals surface area contributed by atoms with Crippen LogP contribution in [-0.4, -0.2) is 18.2 Å². The lowest BCUT2D eigenvalue weighted by atomic mass is 10.1. The smallest absolute Gasteiger partial charge is 0.280 e. The van der Waals surface area contributed by atoms with Crippen molar-refractivity contribution in [3.8, 4) is 11.5 Å². The Morgan fingerprint density at radius 1 is 0.970 bits per heavy atom. The van der Waals surface area contributed by atoms with Gasteiger partial charge in [0.25, 0.3) is 5.91 Å². The van der Waals surface area contributed by atoms with E-state index in [2.05, 4.69) is 5.10 Å². The molecular formula is C26H22Cl2N2O3. The SMILES string of the molecule is CCOc1cc(C=C2C(=O)N(c3ccccc3)N=C2C)cc(Cl)c1OCc1ccccc1Cl. The zero-order chi connectivity index (χ0) is 23.4. The van der Waals surface area contributed by atoms with E-state index in [0.29, 0.717) is 50.7 Å². The summed E-state index contributed by atoms with van der Waals surface area (Å²) in [5, 5.41) is 6.81. The molecule has 4 rings (SSSR count). The first-order valence-corrected chi connectivity index (χ1v) is 11.2. The van der Waals surface area contributed by atoms with Crippen LogP contribution < -0.4 is 14.5 Å². The number of halogens is 2. The van der Waals surface area contributed by atoms with E-state index in [9.17, 15) is 4.79 Å². The van der Waals surface area contributed by atoms with Gasteiger partial charge in [0.1, 0.15) is 6.61 Å². The Kier molecular flexibility index (Phi) is 7.02. The zero-order valence-corrected chi connectivity index (χ0v) is 19.7. The van der Waals surface area contributed by atoms with Gasteiger partial charge in [0.05, 0.1) is 28.6 Å². The first-order valence-electron chi connectivity index (χ1n) is 10.5. The minimum Gasteiger partial charge on any atom is -0.490 e. The fourth-order valence-electron chi connectivity index (χ4n) is 3.43. The van der Waals surface area contributed by atoms with E-state index in [1.165, 1.54) is 5.01 Å². The van der Waals surface area contributed by atoms with Crippen molar-refractivity contribution in [3.63, 3.8) is 0 Å². The number of carbonyl (C=O) groups is 1. The van der Waals surface area contributed by atoms with Gasteiger partial charge in [-0.05, 0) is 55.8 Å². The van der Waals surface area contributed by atoms with Gasteiger partial charge < -0.3 is 9.47 Å². The molecule has 0 unspecified atom stereocenters. The molecule has 0 aliphatic carbocycles. The van der Waals surface area contributed by atoms with E-state index in [-0.39, 0.29) is 12.5 Å². The minimum absolute atomic E-state index is 0.202. The molecule has 0 N–H and O–H groups in total. The van der Waals surface area contributed by atoms with E-state index in [4.69, 9.17) is 32.7 Å². The molecule has 168 valence electrons. The third kappa shape index (κ3) is 5.05. The monoisotopic (exact) mass is 480 g/mol. The fraction of sp³-hybridized carbons (Fsp3) is 0.154. The van der Waals surface area contributed by atoms with Crippen LogP contribution in [0, 0.1) is 0 Å². The van der Waals surface area contributed by atoms with Gasteiger partial charge in [-0.2, -0.15) is 10.1 Å². The lowest BCUT2D eigenvalue weighted by molar-refractivity contribution is -0.114. The maximum absolute atomic E-state index is 13.0. The normalized spacial score (nSPS) is 14.5. The average Bonchev–Trinajstić information content (AvgIpc) is 3.09. The van der Waals surface area contributed by atoms with Crippen molar-refractivity contribution in [2.24, 2.45) is 5.10 Å². The van der Waals surface area contributed by atoms with Crippen molar-refractivity contribution in [1.29, 1.82) is 0 Å². The van der Waals surface area contributed by atoms with Crippen LogP contribution in [0.4, 0.5) is 5.69 Å². The number of anilines is 1. The van der Waals surface area contributed by atoms with Gasteiger partial charge >= 0.3 is 0 Å². The van der Waals surface area contributed by atoms with Gasteiger partial charge in [-0.1, -0.05) is 59.6 Å². The van der Waals surface area contributed by atoms with Gasteiger partial charge in [-0.25, -0.2) is 0 Å². The Bertz CT molecular complexity index is 1240. The third-order valence-corrected chi connectivity index (χ3v) is 5.69. The van der Waals surface area contributed by atoms with Crippen LogP contribution >= 0.6 is 23.2 Å². The topological polar surface area (TPSA) is 51.1 Å². The third-order valence-electron chi connectivity index (χ3n) is 5.04. The van der Waals surface area contributed by atoms with Crippen molar-refractivity contribution in [2.45, 2.75) is 20.5 Å². The molecule has 3 aromatic rings. The van der Waals surface area contributed by atoms with Gasteiger partial charge in [0, 0.05) is 10.6 Å². The van der Waals surface area contributed by atoms with Crippen LogP contribution in [0.15, 0.2) is 77.4 Å². The number of hydrogen-bond acceptors (Lipinski definition) is 4. The quantitative estimate of drug-likeness (QED) is 0.350. The highest BCUT2D eigenvalue weighted by Gasteiger charge is 2.28. The molecule has 5 nitrogen and oxygen atoms in total. The van der Waals surface area contributed by atoms with E-state index < -0.39 is 0 Å². The van der Waals surface area contributed by atoms with E-state index in [1.54, 1.807) is 25.1 Å². The van der Waals surface area contributed by atoms with Crippen molar-refractivity contribution in [3.05, 3.63) is 93.5 Å². The summed E-state index contributed by atoms with van der Waals surface area (Å²) in [5.41, 5.74) is 3.37. The van der Waals surface area contributed by atoms with E-state index >= 15 is 0 Å². The van der Waals surface area contributed by atoms with E-state index in [1.807, 2.05) is 61.5 Å². The molecule has 1 amide bonds. The second kappa shape index (κ2) is 10.1. The molecule has 0 saturated carbocycles. The van der Waals surface area contributed by atoms with Crippen LogP contribution in [0.25, 0.3) is 6.08 Å². The molecule has 1 heterocycles. The fourth-order valence-corrected chi connectivity index (χ4v) is 3.90. The molecule has 0 saturated heterocycles. The average molecular weight is 481 g/mol. The Balaban J connectivity index is 1.62. The van der Waals surface area contributed by atoms with Crippen molar-refractivity contribution in [1.82, 2.24) is 0 Å². The van der Waals surface area contributed by atoms with Crippen LogP contribution in [0.2, 0.25) is 10.0 Å². The summed E-state index contributed by atoms with van der Waals surface area (Å²) in [5.74, 6) is 0.713. The Morgan fingerprint density at radius 2 is 1.70 bits per heavy atom. The summed E-state index contributed by atoms with van der Waals surface area (Å²) in [6, 6.07) is 20.3. The van der Waals surface area contributed by atoms with Gasteiger partial charge in [-0.3, -0.25) is 4.79 Å². The van der Waals surface area contributed by atoms with Crippen LogP contribution in [0.5, 0.6) is 11.5 Å². The Morgan fingerprint density at radius 3 is 2.42 bits per heavy atom. The highest BCUT2D eigenvalue weighted by atomic mass is 35.5. The summed E-state index contributed by atoms with van der Waals surface area (Å²) in [6.07, 6.45) is 1.76. The second-order valence-electron chi connectivity index (χ2n) is 7.34. The number of para-hydroxylation sites is 1. The highest BCUT2D eigenvalue weighted by Crippen LogP contribution is 2.38. The number of amides is 1. The van der Waals surface area contributed by atoms with Crippen molar-refractivity contribution >= 4 is 46.6 Å². The number of benzene rings is 3. The summed E-state index contributed by atoms with van der Waals surface area (Å²) in [4.78, 5) is 13.0. The molecule has 0 bridgehead atoms. The van der Waals surface area contributed by atoms with Crippen LogP contribution in [-0.2, 0) is 11.4 Å². The maximum atomic E-state index is 13.0. The number of hydrogen-bond donors (Lipinski definition) is 0. The molecule has 0 aromatic heterocycles. The Hall–Kier alpha value is -3.28. The molecular weight excluding hydrogens is 459 g/mol. The molecule has 1 aliphatic rings. The highest BCUT2D eigenvalue weighted by molar-refractivity contribution is 6.33. The largest absolute Gasteiger partial charge is 0.490 e. The minimum atomic E-state index is -0.202. The molecule has 0 fully saturated rings. The number of ether oxygens (including phenoxy) is 2. The van der Waals surface area contributed by atoms with Gasteiger partial charge in [0.2, 0.25) is 0 Å². The standard InChI is InChI=1S/C26H22Cl2N2O3/c1-3-32-24-15-18(14-23(28)25(24)33-16-19-9-7-8-12-22(19)27)13-21-17(2)29-30(26(21)31)20-10-5-4-6-11-20/h4-15H,3,16H2,1-2H3. The molecule has 1 aliphatic heterocycles. The first-order chi connectivity index (χ1) is 16.0. The predicted molar refractivity (Wildman–Crippen MR) is 133 cm³/mol. The van der Waals surface area contributed by atoms with Gasteiger partial charge in [0.15, 0.2) is 11.5 Å². The van der Waals surface area contributed by atoms with Gasteiger partial charge in [-0.15, -0.1) is 0 Å². The van der Waals surface area contributed by atoms with Crippen molar-refractivity contribution in [2.75, 3.05) is 11.6 Å². The summed E-state index contributed by atoms with van der Waals surface area (Å²) in [7, 11) is 0. The Labute approximate surface area is 202 Å². The van der Waals surface area contributed by atoms with Crippen LogP contribution in [0.1, 0.15) is 25.0 Å².